The minimum absolute atomic E-state index is 0.478. The van der Waals surface area contributed by atoms with Gasteiger partial charge in [0.25, 0.3) is 0 Å². The Labute approximate surface area is 117 Å². The predicted molar refractivity (Wildman–Crippen MR) is 71.5 cm³/mol. The standard InChI is InChI=1S/C13H16Cl2O3/c1-3-4-16-12-10(7-9(14)8-11(12)15)13(2)17-5-6-18-13/h7-8H,3-6H2,1-2H3. The van der Waals surface area contributed by atoms with Crippen LogP contribution in [0.4, 0.5) is 0 Å². The minimum atomic E-state index is -0.836. The van der Waals surface area contributed by atoms with Gasteiger partial charge < -0.3 is 14.2 Å². The molecule has 0 N–H and O–H groups in total. The molecule has 0 bridgehead atoms. The van der Waals surface area contributed by atoms with Crippen molar-refractivity contribution >= 4 is 23.2 Å². The van der Waals surface area contributed by atoms with Gasteiger partial charge in [-0.05, 0) is 25.5 Å². The summed E-state index contributed by atoms with van der Waals surface area (Å²) in [6.45, 7) is 5.57. The number of rotatable bonds is 4. The van der Waals surface area contributed by atoms with E-state index in [0.29, 0.717) is 35.6 Å². The highest BCUT2D eigenvalue weighted by molar-refractivity contribution is 6.35. The van der Waals surface area contributed by atoms with E-state index in [4.69, 9.17) is 37.4 Å². The summed E-state index contributed by atoms with van der Waals surface area (Å²) < 4.78 is 17.0. The van der Waals surface area contributed by atoms with Gasteiger partial charge in [-0.15, -0.1) is 0 Å². The molecule has 3 nitrogen and oxygen atoms in total. The molecule has 100 valence electrons. The molecule has 0 unspecified atom stereocenters. The van der Waals surface area contributed by atoms with E-state index < -0.39 is 5.79 Å². The van der Waals surface area contributed by atoms with E-state index in [1.54, 1.807) is 12.1 Å². The summed E-state index contributed by atoms with van der Waals surface area (Å²) in [5.41, 5.74) is 0.742. The second kappa shape index (κ2) is 5.66. The number of hydrogen-bond donors (Lipinski definition) is 0. The maximum absolute atomic E-state index is 6.19. The largest absolute Gasteiger partial charge is 0.492 e. The van der Waals surface area contributed by atoms with Gasteiger partial charge >= 0.3 is 0 Å². The van der Waals surface area contributed by atoms with Crippen LogP contribution in [0.25, 0.3) is 0 Å². The Morgan fingerprint density at radius 1 is 1.28 bits per heavy atom. The molecule has 1 fully saturated rings. The van der Waals surface area contributed by atoms with Gasteiger partial charge in [-0.3, -0.25) is 0 Å². The van der Waals surface area contributed by atoms with Crippen LogP contribution in [0.1, 0.15) is 25.8 Å². The third-order valence-electron chi connectivity index (χ3n) is 2.79. The molecular weight excluding hydrogens is 275 g/mol. The summed E-state index contributed by atoms with van der Waals surface area (Å²) in [6, 6.07) is 3.44. The zero-order valence-electron chi connectivity index (χ0n) is 10.5. The Balaban J connectivity index is 2.42. The van der Waals surface area contributed by atoms with Gasteiger partial charge in [0.1, 0.15) is 5.75 Å². The van der Waals surface area contributed by atoms with Gasteiger partial charge in [0.15, 0.2) is 5.79 Å². The maximum Gasteiger partial charge on any atom is 0.195 e. The van der Waals surface area contributed by atoms with E-state index >= 15 is 0 Å². The van der Waals surface area contributed by atoms with Crippen molar-refractivity contribution < 1.29 is 14.2 Å². The van der Waals surface area contributed by atoms with Gasteiger partial charge in [0, 0.05) is 5.02 Å². The van der Waals surface area contributed by atoms with Crippen LogP contribution in [-0.2, 0) is 15.3 Å². The van der Waals surface area contributed by atoms with Gasteiger partial charge in [0.2, 0.25) is 0 Å². The molecule has 0 saturated carbocycles. The highest BCUT2D eigenvalue weighted by Gasteiger charge is 2.37. The molecule has 0 spiro atoms. The molecule has 1 aromatic rings. The van der Waals surface area contributed by atoms with Gasteiger partial charge in [-0.2, -0.15) is 0 Å². The lowest BCUT2D eigenvalue weighted by molar-refractivity contribution is -0.150. The molecule has 0 aromatic heterocycles. The second-order valence-corrected chi connectivity index (χ2v) is 5.10. The maximum atomic E-state index is 6.19. The normalized spacial score (nSPS) is 18.0. The third kappa shape index (κ3) is 2.75. The number of ether oxygens (including phenoxy) is 3. The Morgan fingerprint density at radius 2 is 1.94 bits per heavy atom. The molecule has 2 rings (SSSR count). The number of hydrogen-bond acceptors (Lipinski definition) is 3. The molecule has 0 amide bonds. The summed E-state index contributed by atoms with van der Waals surface area (Å²) in [5, 5.41) is 1.02. The Kier molecular flexibility index (Phi) is 4.38. The zero-order chi connectivity index (χ0) is 13.2. The van der Waals surface area contributed by atoms with Crippen molar-refractivity contribution in [1.29, 1.82) is 0 Å². The molecular formula is C13H16Cl2O3. The first kappa shape index (κ1) is 13.9. The van der Waals surface area contributed by atoms with E-state index in [-0.39, 0.29) is 0 Å². The molecule has 0 aliphatic carbocycles. The van der Waals surface area contributed by atoms with E-state index in [0.717, 1.165) is 12.0 Å². The van der Waals surface area contributed by atoms with Crippen molar-refractivity contribution in [3.05, 3.63) is 27.7 Å². The van der Waals surface area contributed by atoms with Crippen molar-refractivity contribution in [2.24, 2.45) is 0 Å². The lowest BCUT2D eigenvalue weighted by Gasteiger charge is -2.26. The van der Waals surface area contributed by atoms with Crippen molar-refractivity contribution in [2.45, 2.75) is 26.1 Å². The van der Waals surface area contributed by atoms with Crippen LogP contribution in [0.2, 0.25) is 10.0 Å². The lowest BCUT2D eigenvalue weighted by Crippen LogP contribution is -2.23. The van der Waals surface area contributed by atoms with Crippen LogP contribution < -0.4 is 4.74 Å². The zero-order valence-corrected chi connectivity index (χ0v) is 12.0. The molecule has 1 saturated heterocycles. The average molecular weight is 291 g/mol. The molecule has 1 aliphatic heterocycles. The van der Waals surface area contributed by atoms with Crippen LogP contribution in [0.5, 0.6) is 5.75 Å². The van der Waals surface area contributed by atoms with E-state index in [2.05, 4.69) is 0 Å². The monoisotopic (exact) mass is 290 g/mol. The molecule has 1 aliphatic rings. The van der Waals surface area contributed by atoms with E-state index in [1.165, 1.54) is 0 Å². The summed E-state index contributed by atoms with van der Waals surface area (Å²) in [6.07, 6.45) is 0.900. The van der Waals surface area contributed by atoms with Gasteiger partial charge in [-0.25, -0.2) is 0 Å². The Bertz CT molecular complexity index is 428. The molecule has 18 heavy (non-hydrogen) atoms. The predicted octanol–water partition coefficient (Wildman–Crippen LogP) is 4.00. The first-order valence-electron chi connectivity index (χ1n) is 5.97. The molecule has 5 heteroatoms. The number of halogens is 2. The Hall–Kier alpha value is -0.480. The first-order chi connectivity index (χ1) is 8.57. The summed E-state index contributed by atoms with van der Waals surface area (Å²) in [4.78, 5) is 0. The van der Waals surface area contributed by atoms with E-state index in [9.17, 15) is 0 Å². The first-order valence-corrected chi connectivity index (χ1v) is 6.72. The van der Waals surface area contributed by atoms with Crippen molar-refractivity contribution in [3.63, 3.8) is 0 Å². The van der Waals surface area contributed by atoms with Crippen LogP contribution >= 0.6 is 23.2 Å². The van der Waals surface area contributed by atoms with Gasteiger partial charge in [0.05, 0.1) is 30.4 Å². The fraction of sp³-hybridized carbons (Fsp3) is 0.538. The Morgan fingerprint density at radius 3 is 2.56 bits per heavy atom. The SMILES string of the molecule is CCCOc1c(Cl)cc(Cl)cc1C1(C)OCCO1. The molecule has 1 aromatic carbocycles. The van der Waals surface area contributed by atoms with Gasteiger partial charge in [-0.1, -0.05) is 30.1 Å². The highest BCUT2D eigenvalue weighted by atomic mass is 35.5. The second-order valence-electron chi connectivity index (χ2n) is 4.26. The van der Waals surface area contributed by atoms with Crippen LogP contribution in [0, 0.1) is 0 Å². The minimum Gasteiger partial charge on any atom is -0.492 e. The van der Waals surface area contributed by atoms with Crippen molar-refractivity contribution in [2.75, 3.05) is 19.8 Å². The summed E-state index contributed by atoms with van der Waals surface area (Å²) >= 11 is 12.2. The quantitative estimate of drug-likeness (QED) is 0.839. The van der Waals surface area contributed by atoms with Crippen LogP contribution in [0.15, 0.2) is 12.1 Å². The van der Waals surface area contributed by atoms with Crippen LogP contribution in [-0.4, -0.2) is 19.8 Å². The average Bonchev–Trinajstić information content (AvgIpc) is 2.75. The summed E-state index contributed by atoms with van der Waals surface area (Å²) in [5.74, 6) is -0.246. The third-order valence-corrected chi connectivity index (χ3v) is 3.29. The fourth-order valence-corrected chi connectivity index (χ4v) is 2.47. The molecule has 1 heterocycles. The van der Waals surface area contributed by atoms with Crippen LogP contribution in [0.3, 0.4) is 0 Å². The van der Waals surface area contributed by atoms with Crippen molar-refractivity contribution in [1.82, 2.24) is 0 Å². The molecule has 0 atom stereocenters. The topological polar surface area (TPSA) is 27.7 Å². The smallest absolute Gasteiger partial charge is 0.195 e. The summed E-state index contributed by atoms with van der Waals surface area (Å²) in [7, 11) is 0. The highest BCUT2D eigenvalue weighted by Crippen LogP contribution is 2.42. The van der Waals surface area contributed by atoms with E-state index in [1.807, 2.05) is 13.8 Å². The molecule has 0 radical (unpaired) electrons. The number of benzene rings is 1. The van der Waals surface area contributed by atoms with Crippen molar-refractivity contribution in [3.8, 4) is 5.75 Å². The fourth-order valence-electron chi connectivity index (χ4n) is 1.92. The lowest BCUT2D eigenvalue weighted by atomic mass is 10.1.